The van der Waals surface area contributed by atoms with Crippen LogP contribution in [0.5, 0.6) is 0 Å². The number of hydrogen-bond donors (Lipinski definition) is 13. The maximum Gasteiger partial charge on any atom is 0.315 e. The van der Waals surface area contributed by atoms with E-state index >= 15 is 0 Å². The Kier molecular flexibility index (Phi) is 14.3. The summed E-state index contributed by atoms with van der Waals surface area (Å²) >= 11 is 0. The molecular formula is C48H78O20. The zero-order chi connectivity index (χ0) is 50.0. The molecule has 4 saturated carbocycles. The lowest BCUT2D eigenvalue weighted by molar-refractivity contribution is -0.361. The molecular weight excluding hydrogens is 897 g/mol. The highest BCUT2D eigenvalue weighted by Crippen LogP contribution is 2.76. The lowest BCUT2D eigenvalue weighted by atomic mass is 9.33. The minimum atomic E-state index is -1.89. The number of allylic oxidation sites excluding steroid dienone is 2. The predicted octanol–water partition coefficient (Wildman–Crippen LogP) is -1.92. The number of hydrogen-bond acceptors (Lipinski definition) is 20. The van der Waals surface area contributed by atoms with Gasteiger partial charge in [0.1, 0.15) is 67.1 Å². The second-order valence-electron chi connectivity index (χ2n) is 23.7. The molecule has 3 aliphatic heterocycles. The number of aliphatic hydroxyl groups excluding tert-OH is 13. The summed E-state index contributed by atoms with van der Waals surface area (Å²) < 4.78 is 34.6. The summed E-state index contributed by atoms with van der Waals surface area (Å²) in [5, 5.41) is 142. The van der Waals surface area contributed by atoms with Crippen molar-refractivity contribution in [2.24, 2.45) is 50.2 Å². The van der Waals surface area contributed by atoms with E-state index in [4.69, 9.17) is 28.4 Å². The lowest BCUT2D eigenvalue weighted by Crippen LogP contribution is -2.71. The largest absolute Gasteiger partial charge is 0.432 e. The molecule has 0 aromatic heterocycles. The van der Waals surface area contributed by atoms with Gasteiger partial charge in [0.05, 0.1) is 49.7 Å². The summed E-state index contributed by atoms with van der Waals surface area (Å²) in [4.78, 5) is 15.0. The molecule has 7 fully saturated rings. The lowest BCUT2D eigenvalue weighted by Gasteiger charge is -2.72. The molecule has 5 aliphatic carbocycles. The fourth-order valence-corrected chi connectivity index (χ4v) is 15.1. The third-order valence-electron chi connectivity index (χ3n) is 19.3. The van der Waals surface area contributed by atoms with Crippen molar-refractivity contribution < 1.29 is 99.6 Å². The third-order valence-corrected chi connectivity index (χ3v) is 19.3. The first-order valence-electron chi connectivity index (χ1n) is 24.5. The van der Waals surface area contributed by atoms with E-state index in [1.165, 1.54) is 6.92 Å². The number of esters is 1. The van der Waals surface area contributed by atoms with Gasteiger partial charge in [-0.2, -0.15) is 0 Å². The monoisotopic (exact) mass is 975 g/mol. The number of carbonyl (C=O) groups is 1. The fraction of sp³-hybridized carbons (Fsp3) is 0.938. The zero-order valence-corrected chi connectivity index (χ0v) is 40.2. The molecule has 20 heteroatoms. The summed E-state index contributed by atoms with van der Waals surface area (Å²) in [5.41, 5.74) is -3.01. The molecule has 8 aliphatic rings. The SMILES string of the molecule is CC1OC(OC2C(CO)OC(OCC3OC(OC(=O)C45CCC(C)(C)CC4C4=CCC6C7(C)CC(O)C(O)C(C)(CO)C7C(O)CC6(C)C4(C)CC5)C(O)C(O)C3O)C(O)C2O)C(O)C(O)C1O. The second-order valence-corrected chi connectivity index (χ2v) is 23.7. The van der Waals surface area contributed by atoms with Crippen molar-refractivity contribution >= 4 is 5.97 Å². The summed E-state index contributed by atoms with van der Waals surface area (Å²) in [6.45, 7) is 12.1. The van der Waals surface area contributed by atoms with Crippen LogP contribution in [0.1, 0.15) is 99.8 Å². The third kappa shape index (κ3) is 8.07. The average Bonchev–Trinajstić information content (AvgIpc) is 3.28. The quantitative estimate of drug-likeness (QED) is 0.0885. The predicted molar refractivity (Wildman–Crippen MR) is 233 cm³/mol. The van der Waals surface area contributed by atoms with Crippen molar-refractivity contribution in [1.82, 2.24) is 0 Å². The van der Waals surface area contributed by atoms with Gasteiger partial charge in [-0.25, -0.2) is 0 Å². The van der Waals surface area contributed by atoms with Crippen molar-refractivity contribution in [3.05, 3.63) is 11.6 Å². The molecule has 26 unspecified atom stereocenters. The number of carbonyl (C=O) groups excluding carboxylic acids is 1. The van der Waals surface area contributed by atoms with Crippen LogP contribution in [-0.2, 0) is 33.2 Å². The van der Waals surface area contributed by atoms with Gasteiger partial charge in [0, 0.05) is 11.3 Å². The summed E-state index contributed by atoms with van der Waals surface area (Å²) in [6, 6.07) is 0. The van der Waals surface area contributed by atoms with Crippen LogP contribution >= 0.6 is 0 Å². The topological polar surface area (TPSA) is 335 Å². The Balaban J connectivity index is 0.991. The molecule has 3 saturated heterocycles. The smallest absolute Gasteiger partial charge is 0.315 e. The first-order valence-corrected chi connectivity index (χ1v) is 24.5. The molecule has 20 nitrogen and oxygen atoms in total. The van der Waals surface area contributed by atoms with Crippen LogP contribution < -0.4 is 0 Å². The standard InChI is InChI=1S/C48H78O20/c1-20-28(53)30(55)33(58)40(64-20)67-36-25(17-49)65-39(35(60)32(36)57)63-18-26-29(54)31(56)34(59)41(66-26)68-42(62)48-12-10-43(2,3)14-22(48)21-8-9-27-44(4)15-24(52)38(61)45(5,19-50)37(44)23(51)16-47(27,7)46(21,6)11-13-48/h8,20,22-41,49-61H,9-19H2,1-7H3. The van der Waals surface area contributed by atoms with Crippen LogP contribution in [0.3, 0.4) is 0 Å². The summed E-state index contributed by atoms with van der Waals surface area (Å²) in [7, 11) is 0. The molecule has 0 aromatic rings. The van der Waals surface area contributed by atoms with Crippen LogP contribution in [0.2, 0.25) is 0 Å². The van der Waals surface area contributed by atoms with Gasteiger partial charge in [-0.3, -0.25) is 4.79 Å². The molecule has 3 heterocycles. The van der Waals surface area contributed by atoms with E-state index in [2.05, 4.69) is 40.7 Å². The minimum Gasteiger partial charge on any atom is -0.432 e. The first-order chi connectivity index (χ1) is 31.7. The Hall–Kier alpha value is -1.51. The van der Waals surface area contributed by atoms with E-state index in [9.17, 15) is 71.2 Å². The Morgan fingerprint density at radius 3 is 1.96 bits per heavy atom. The Labute approximate surface area is 396 Å². The van der Waals surface area contributed by atoms with Crippen molar-refractivity contribution in [2.45, 2.75) is 210 Å². The van der Waals surface area contributed by atoms with Crippen LogP contribution in [-0.4, -0.2) is 203 Å². The van der Waals surface area contributed by atoms with E-state index in [1.54, 1.807) is 6.92 Å². The molecule has 0 amide bonds. The number of aliphatic hydroxyl groups is 13. The highest BCUT2D eigenvalue weighted by molar-refractivity contribution is 5.79. The molecule has 0 bridgehead atoms. The molecule has 26 atom stereocenters. The normalized spacial score (nSPS) is 55.7. The fourth-order valence-electron chi connectivity index (χ4n) is 15.1. The van der Waals surface area contributed by atoms with Gasteiger partial charge in [-0.05, 0) is 91.8 Å². The molecule has 390 valence electrons. The maximum atomic E-state index is 15.0. The van der Waals surface area contributed by atoms with Crippen LogP contribution in [0.15, 0.2) is 11.6 Å². The maximum absolute atomic E-state index is 15.0. The van der Waals surface area contributed by atoms with Crippen LogP contribution in [0.25, 0.3) is 0 Å². The minimum absolute atomic E-state index is 0.0494. The van der Waals surface area contributed by atoms with E-state index in [0.29, 0.717) is 44.9 Å². The number of ether oxygens (including phenoxy) is 6. The molecule has 68 heavy (non-hydrogen) atoms. The van der Waals surface area contributed by atoms with Gasteiger partial charge in [0.2, 0.25) is 6.29 Å². The Morgan fingerprint density at radius 2 is 1.29 bits per heavy atom. The second kappa shape index (κ2) is 18.5. The zero-order valence-electron chi connectivity index (χ0n) is 40.2. The van der Waals surface area contributed by atoms with E-state index in [1.807, 2.05) is 0 Å². The molecule has 0 radical (unpaired) electrons. The van der Waals surface area contributed by atoms with Gasteiger partial charge in [0.15, 0.2) is 12.6 Å². The Bertz CT molecular complexity index is 1870. The van der Waals surface area contributed by atoms with E-state index < -0.39 is 169 Å². The van der Waals surface area contributed by atoms with Gasteiger partial charge in [-0.1, -0.05) is 53.2 Å². The Morgan fingerprint density at radius 1 is 0.676 bits per heavy atom. The average molecular weight is 975 g/mol. The summed E-state index contributed by atoms with van der Waals surface area (Å²) in [5.74, 6) is -1.51. The summed E-state index contributed by atoms with van der Waals surface area (Å²) in [6.07, 6.45) is -21.7. The van der Waals surface area contributed by atoms with Crippen LogP contribution in [0, 0.1) is 50.2 Å². The molecule has 13 N–H and O–H groups in total. The number of fused-ring (bicyclic) bond motifs is 7. The molecule has 0 aromatic carbocycles. The van der Waals surface area contributed by atoms with Crippen molar-refractivity contribution in [3.63, 3.8) is 0 Å². The van der Waals surface area contributed by atoms with Gasteiger partial charge in [-0.15, -0.1) is 0 Å². The van der Waals surface area contributed by atoms with Crippen LogP contribution in [0.4, 0.5) is 0 Å². The first kappa shape index (κ1) is 52.8. The number of rotatable bonds is 9. The highest BCUT2D eigenvalue weighted by Gasteiger charge is 2.73. The van der Waals surface area contributed by atoms with Crippen molar-refractivity contribution in [3.8, 4) is 0 Å². The van der Waals surface area contributed by atoms with E-state index in [-0.39, 0.29) is 23.7 Å². The molecule has 0 spiro atoms. The van der Waals surface area contributed by atoms with Gasteiger partial charge >= 0.3 is 5.97 Å². The molecule has 8 rings (SSSR count). The highest BCUT2D eigenvalue weighted by atomic mass is 16.8. The van der Waals surface area contributed by atoms with Gasteiger partial charge in [0.25, 0.3) is 0 Å². The van der Waals surface area contributed by atoms with E-state index in [0.717, 1.165) is 5.57 Å². The van der Waals surface area contributed by atoms with Crippen molar-refractivity contribution in [2.75, 3.05) is 19.8 Å². The van der Waals surface area contributed by atoms with Gasteiger partial charge < -0.3 is 94.8 Å². The van der Waals surface area contributed by atoms with Crippen molar-refractivity contribution in [1.29, 1.82) is 0 Å².